The molecule has 144 valence electrons. The van der Waals surface area contributed by atoms with Gasteiger partial charge < -0.3 is 19.5 Å². The smallest absolute Gasteiger partial charge is 0.310 e. The zero-order valence-electron chi connectivity index (χ0n) is 15.3. The molecule has 0 radical (unpaired) electrons. The number of piperidine rings is 1. The number of esters is 1. The van der Waals surface area contributed by atoms with Gasteiger partial charge in [-0.15, -0.1) is 0 Å². The lowest BCUT2D eigenvalue weighted by Crippen LogP contribution is -2.41. The van der Waals surface area contributed by atoms with Crippen molar-refractivity contribution in [1.82, 2.24) is 4.90 Å². The summed E-state index contributed by atoms with van der Waals surface area (Å²) in [6, 6.07) is 4.88. The minimum absolute atomic E-state index is 0.0420. The highest BCUT2D eigenvalue weighted by Gasteiger charge is 2.32. The number of benzene rings is 1. The highest BCUT2D eigenvalue weighted by atomic mass is 32.2. The number of nitrogens with zero attached hydrogens (tertiary/aromatic N) is 2. The summed E-state index contributed by atoms with van der Waals surface area (Å²) in [5, 5.41) is 10.3. The number of carbonyl (C=O) groups is 2. The number of phenols is 1. The average molecular weight is 390 g/mol. The molecule has 1 saturated heterocycles. The lowest BCUT2D eigenvalue weighted by Gasteiger charge is -2.32. The van der Waals surface area contributed by atoms with Crippen LogP contribution in [0.15, 0.2) is 28.1 Å². The number of aromatic hydroxyl groups is 1. The number of phenolic OH excluding ortho intramolecular Hbond substituents is 1. The maximum absolute atomic E-state index is 12.3. The van der Waals surface area contributed by atoms with Gasteiger partial charge in [0.25, 0.3) is 5.91 Å². The summed E-state index contributed by atoms with van der Waals surface area (Å²) in [6.45, 7) is 3.43. The van der Waals surface area contributed by atoms with Crippen LogP contribution in [0.1, 0.15) is 25.3 Å². The molecule has 7 nitrogen and oxygen atoms in total. The topological polar surface area (TPSA) is 88.4 Å². The number of carbonyl (C=O) groups excluding carboxylic acids is 2. The number of aliphatic imine (C=N–C) groups is 1. The zero-order chi connectivity index (χ0) is 19.4. The van der Waals surface area contributed by atoms with Gasteiger partial charge in [0.05, 0.1) is 24.5 Å². The first-order chi connectivity index (χ1) is 13.0. The van der Waals surface area contributed by atoms with Gasteiger partial charge in [0.15, 0.2) is 16.7 Å². The normalized spacial score (nSPS) is 21.3. The summed E-state index contributed by atoms with van der Waals surface area (Å²) in [5.41, 5.74) is 0.736. The van der Waals surface area contributed by atoms with Crippen molar-refractivity contribution in [3.63, 3.8) is 0 Å². The van der Waals surface area contributed by atoms with Gasteiger partial charge >= 0.3 is 5.97 Å². The maximum Gasteiger partial charge on any atom is 0.310 e. The van der Waals surface area contributed by atoms with E-state index in [-0.39, 0.29) is 23.5 Å². The van der Waals surface area contributed by atoms with E-state index in [2.05, 4.69) is 4.99 Å². The molecular formula is C19H22N2O5S. The molecule has 0 saturated carbocycles. The van der Waals surface area contributed by atoms with Crippen molar-refractivity contribution in [3.05, 3.63) is 28.7 Å². The molecule has 0 bridgehead atoms. The molecule has 0 unspecified atom stereocenters. The molecule has 27 heavy (non-hydrogen) atoms. The quantitative estimate of drug-likeness (QED) is 0.624. The van der Waals surface area contributed by atoms with Crippen molar-refractivity contribution in [2.75, 3.05) is 26.8 Å². The summed E-state index contributed by atoms with van der Waals surface area (Å²) < 4.78 is 10.2. The molecule has 2 aliphatic rings. The maximum atomic E-state index is 12.3. The fraction of sp³-hybridized carbons (Fsp3) is 0.421. The summed E-state index contributed by atoms with van der Waals surface area (Å²) in [7, 11) is 1.47. The third kappa shape index (κ3) is 4.44. The summed E-state index contributed by atoms with van der Waals surface area (Å²) in [4.78, 5) is 30.9. The first-order valence-electron chi connectivity index (χ1n) is 8.83. The Morgan fingerprint density at radius 2 is 2.30 bits per heavy atom. The van der Waals surface area contributed by atoms with Crippen molar-refractivity contribution < 1.29 is 24.2 Å². The van der Waals surface area contributed by atoms with Crippen molar-refractivity contribution in [2.24, 2.45) is 10.9 Å². The predicted octanol–water partition coefficient (Wildman–Crippen LogP) is 2.65. The van der Waals surface area contributed by atoms with E-state index in [1.165, 1.54) is 24.9 Å². The minimum atomic E-state index is -0.305. The van der Waals surface area contributed by atoms with Crippen LogP contribution in [0.5, 0.6) is 11.5 Å². The standard InChI is InChI=1S/C19H22N2O5S/c1-3-26-18(24)13-5-4-8-21(11-13)19-20-17(23)16(27-19)10-12-6-7-14(22)15(9-12)25-2/h6-7,9-10,13,22H,3-5,8,11H2,1-2H3/b16-10-/t13-/m0/s1. The van der Waals surface area contributed by atoms with Gasteiger partial charge in [-0.25, -0.2) is 0 Å². The van der Waals surface area contributed by atoms with Gasteiger partial charge in [-0.05, 0) is 55.3 Å². The third-order valence-electron chi connectivity index (χ3n) is 4.42. The highest BCUT2D eigenvalue weighted by molar-refractivity contribution is 8.18. The SMILES string of the molecule is CCOC(=O)[C@H]1CCCN(C2=NC(=O)/C(=C/c3ccc(O)c(OC)c3)S2)C1. The Morgan fingerprint density at radius 1 is 1.48 bits per heavy atom. The molecule has 2 heterocycles. The Labute approximate surface area is 162 Å². The average Bonchev–Trinajstić information content (AvgIpc) is 3.04. The van der Waals surface area contributed by atoms with Gasteiger partial charge in [0, 0.05) is 13.1 Å². The third-order valence-corrected chi connectivity index (χ3v) is 5.47. The lowest BCUT2D eigenvalue weighted by molar-refractivity contribution is -0.149. The first-order valence-corrected chi connectivity index (χ1v) is 9.64. The molecule has 1 atom stereocenters. The number of amidine groups is 1. The summed E-state index contributed by atoms with van der Waals surface area (Å²) >= 11 is 1.30. The summed E-state index contributed by atoms with van der Waals surface area (Å²) in [5.74, 6) is -0.301. The Balaban J connectivity index is 1.71. The number of hydrogen-bond acceptors (Lipinski definition) is 7. The second-order valence-corrected chi connectivity index (χ2v) is 7.29. The second kappa shape index (κ2) is 8.47. The number of thioether (sulfide) groups is 1. The first kappa shape index (κ1) is 19.3. The monoisotopic (exact) mass is 390 g/mol. The Bertz CT molecular complexity index is 805. The number of rotatable bonds is 4. The molecule has 1 aromatic rings. The van der Waals surface area contributed by atoms with E-state index in [0.717, 1.165) is 24.9 Å². The molecule has 8 heteroatoms. The largest absolute Gasteiger partial charge is 0.504 e. The minimum Gasteiger partial charge on any atom is -0.504 e. The van der Waals surface area contributed by atoms with Crippen LogP contribution in [-0.2, 0) is 14.3 Å². The van der Waals surface area contributed by atoms with Crippen LogP contribution in [0.25, 0.3) is 6.08 Å². The van der Waals surface area contributed by atoms with Crippen LogP contribution >= 0.6 is 11.8 Å². The fourth-order valence-corrected chi connectivity index (χ4v) is 4.02. The van der Waals surface area contributed by atoms with Crippen LogP contribution in [0.3, 0.4) is 0 Å². The number of ether oxygens (including phenoxy) is 2. The molecule has 1 fully saturated rings. The fourth-order valence-electron chi connectivity index (χ4n) is 3.07. The zero-order valence-corrected chi connectivity index (χ0v) is 16.1. The van der Waals surface area contributed by atoms with Gasteiger partial charge in [-0.3, -0.25) is 9.59 Å². The van der Waals surface area contributed by atoms with E-state index in [1.807, 2.05) is 4.90 Å². The van der Waals surface area contributed by atoms with E-state index < -0.39 is 0 Å². The van der Waals surface area contributed by atoms with Crippen molar-refractivity contribution in [3.8, 4) is 11.5 Å². The Hall–Kier alpha value is -2.48. The molecule has 0 aliphatic carbocycles. The van der Waals surface area contributed by atoms with E-state index in [1.54, 1.807) is 25.1 Å². The number of likely N-dealkylation sites (tertiary alicyclic amines) is 1. The van der Waals surface area contributed by atoms with Gasteiger partial charge in [0.2, 0.25) is 0 Å². The van der Waals surface area contributed by atoms with Gasteiger partial charge in [-0.1, -0.05) is 6.07 Å². The molecule has 1 aromatic carbocycles. The second-order valence-electron chi connectivity index (χ2n) is 6.28. The Kier molecular flexibility index (Phi) is 6.05. The molecule has 2 aliphatic heterocycles. The molecule has 1 amide bonds. The molecule has 3 rings (SSSR count). The molecule has 1 N–H and O–H groups in total. The number of amides is 1. The van der Waals surface area contributed by atoms with Crippen molar-refractivity contribution >= 4 is 34.9 Å². The molecule has 0 spiro atoms. The van der Waals surface area contributed by atoms with E-state index in [4.69, 9.17) is 9.47 Å². The van der Waals surface area contributed by atoms with Gasteiger partial charge in [0.1, 0.15) is 0 Å². The van der Waals surface area contributed by atoms with Crippen molar-refractivity contribution in [1.29, 1.82) is 0 Å². The van der Waals surface area contributed by atoms with E-state index in [0.29, 0.717) is 29.0 Å². The molecule has 0 aromatic heterocycles. The van der Waals surface area contributed by atoms with Crippen LogP contribution in [0, 0.1) is 5.92 Å². The Morgan fingerprint density at radius 3 is 3.04 bits per heavy atom. The molecular weight excluding hydrogens is 368 g/mol. The number of hydrogen-bond donors (Lipinski definition) is 1. The summed E-state index contributed by atoms with van der Waals surface area (Å²) in [6.07, 6.45) is 3.36. The van der Waals surface area contributed by atoms with Crippen LogP contribution in [0.4, 0.5) is 0 Å². The van der Waals surface area contributed by atoms with E-state index in [9.17, 15) is 14.7 Å². The number of methoxy groups -OCH3 is 1. The van der Waals surface area contributed by atoms with E-state index >= 15 is 0 Å². The van der Waals surface area contributed by atoms with Gasteiger partial charge in [-0.2, -0.15) is 4.99 Å². The van der Waals surface area contributed by atoms with Crippen LogP contribution in [0.2, 0.25) is 0 Å². The predicted molar refractivity (Wildman–Crippen MR) is 104 cm³/mol. The highest BCUT2D eigenvalue weighted by Crippen LogP contribution is 2.34. The van der Waals surface area contributed by atoms with Crippen LogP contribution in [-0.4, -0.2) is 53.9 Å². The van der Waals surface area contributed by atoms with Crippen LogP contribution < -0.4 is 4.74 Å². The van der Waals surface area contributed by atoms with Crippen molar-refractivity contribution in [2.45, 2.75) is 19.8 Å². The lowest BCUT2D eigenvalue weighted by atomic mass is 9.99.